The first-order valence-corrected chi connectivity index (χ1v) is 6.55. The Bertz CT molecular complexity index is 719. The third-order valence-electron chi connectivity index (χ3n) is 3.19. The third-order valence-corrected chi connectivity index (χ3v) is 3.19. The van der Waals surface area contributed by atoms with E-state index in [1.54, 1.807) is 19.2 Å². The van der Waals surface area contributed by atoms with Crippen LogP contribution in [-0.2, 0) is 4.74 Å². The molecule has 0 unspecified atom stereocenters. The maximum absolute atomic E-state index is 11.7. The number of nitriles is 1. The Balaban J connectivity index is 2.44. The zero-order chi connectivity index (χ0) is 15.2. The van der Waals surface area contributed by atoms with Crippen molar-refractivity contribution in [3.05, 3.63) is 28.8 Å². The fourth-order valence-electron chi connectivity index (χ4n) is 2.13. The van der Waals surface area contributed by atoms with Gasteiger partial charge in [0.1, 0.15) is 0 Å². The van der Waals surface area contributed by atoms with Gasteiger partial charge in [-0.05, 0) is 12.1 Å². The highest BCUT2D eigenvalue weighted by Crippen LogP contribution is 2.27. The van der Waals surface area contributed by atoms with Crippen molar-refractivity contribution >= 4 is 22.3 Å². The van der Waals surface area contributed by atoms with Crippen LogP contribution in [0.1, 0.15) is 6.42 Å². The lowest BCUT2D eigenvalue weighted by Gasteiger charge is -2.25. The summed E-state index contributed by atoms with van der Waals surface area (Å²) in [5.41, 5.74) is 7.64. The van der Waals surface area contributed by atoms with Gasteiger partial charge >= 0.3 is 0 Å². The smallest absolute Gasteiger partial charge is 0.258 e. The number of rotatable bonds is 6. The number of benzene rings is 1. The van der Waals surface area contributed by atoms with Gasteiger partial charge in [-0.2, -0.15) is 5.26 Å². The molecule has 3 N–H and O–H groups in total. The molecule has 7 heteroatoms. The van der Waals surface area contributed by atoms with Crippen LogP contribution in [0.5, 0.6) is 0 Å². The summed E-state index contributed by atoms with van der Waals surface area (Å²) >= 11 is 0. The van der Waals surface area contributed by atoms with Crippen LogP contribution in [0.2, 0.25) is 0 Å². The summed E-state index contributed by atoms with van der Waals surface area (Å²) in [4.78, 5) is 20.4. The van der Waals surface area contributed by atoms with E-state index in [-0.39, 0.29) is 5.56 Å². The summed E-state index contributed by atoms with van der Waals surface area (Å²) in [5.74, 6) is 0. The van der Waals surface area contributed by atoms with E-state index in [9.17, 15) is 4.79 Å². The molecule has 0 saturated heterocycles. The Labute approximate surface area is 122 Å². The molecule has 1 aromatic carbocycles. The Morgan fingerprint density at radius 2 is 2.29 bits per heavy atom. The quantitative estimate of drug-likeness (QED) is 0.763. The van der Waals surface area contributed by atoms with E-state index in [0.717, 1.165) is 5.69 Å². The Morgan fingerprint density at radius 3 is 3.00 bits per heavy atom. The Kier molecular flexibility index (Phi) is 4.74. The molecule has 0 bridgehead atoms. The van der Waals surface area contributed by atoms with Gasteiger partial charge in [0.05, 0.1) is 47.7 Å². The average molecular weight is 287 g/mol. The number of anilines is 2. The van der Waals surface area contributed by atoms with Gasteiger partial charge in [0.25, 0.3) is 5.56 Å². The third kappa shape index (κ3) is 3.30. The zero-order valence-electron chi connectivity index (χ0n) is 11.8. The molecule has 1 heterocycles. The highest BCUT2D eigenvalue weighted by molar-refractivity contribution is 5.88. The molecule has 0 aliphatic heterocycles. The second kappa shape index (κ2) is 6.72. The summed E-state index contributed by atoms with van der Waals surface area (Å²) in [6, 6.07) is 5.50. The SMILES string of the molecule is COCCN(CCC#N)c1cc2nc[nH]c(=O)c2cc1N. The van der Waals surface area contributed by atoms with Gasteiger partial charge in [-0.25, -0.2) is 4.98 Å². The number of nitrogens with two attached hydrogens (primary N) is 1. The lowest BCUT2D eigenvalue weighted by atomic mass is 10.1. The fourth-order valence-corrected chi connectivity index (χ4v) is 2.13. The van der Waals surface area contributed by atoms with Gasteiger partial charge < -0.3 is 20.4 Å². The van der Waals surface area contributed by atoms with Crippen molar-refractivity contribution in [2.24, 2.45) is 0 Å². The van der Waals surface area contributed by atoms with Crippen LogP contribution in [0.4, 0.5) is 11.4 Å². The summed E-state index contributed by atoms with van der Waals surface area (Å²) in [6.07, 6.45) is 1.74. The highest BCUT2D eigenvalue weighted by atomic mass is 16.5. The minimum absolute atomic E-state index is 0.223. The van der Waals surface area contributed by atoms with Gasteiger partial charge in [0, 0.05) is 20.2 Å². The number of nitrogen functional groups attached to an aromatic ring is 1. The summed E-state index contributed by atoms with van der Waals surface area (Å²) in [7, 11) is 1.62. The fraction of sp³-hybridized carbons (Fsp3) is 0.357. The number of hydrogen-bond acceptors (Lipinski definition) is 6. The minimum Gasteiger partial charge on any atom is -0.397 e. The van der Waals surface area contributed by atoms with Gasteiger partial charge in [-0.15, -0.1) is 0 Å². The summed E-state index contributed by atoms with van der Waals surface area (Å²) < 4.78 is 5.08. The number of ether oxygens (including phenoxy) is 1. The molecule has 0 saturated carbocycles. The molecular weight excluding hydrogens is 270 g/mol. The van der Waals surface area contributed by atoms with E-state index in [1.165, 1.54) is 6.33 Å². The topological polar surface area (TPSA) is 108 Å². The number of hydrogen-bond donors (Lipinski definition) is 2. The number of fused-ring (bicyclic) bond motifs is 1. The first kappa shape index (κ1) is 14.8. The van der Waals surface area contributed by atoms with Crippen molar-refractivity contribution in [3.63, 3.8) is 0 Å². The van der Waals surface area contributed by atoms with Crippen LogP contribution in [0.25, 0.3) is 10.9 Å². The maximum Gasteiger partial charge on any atom is 0.258 e. The highest BCUT2D eigenvalue weighted by Gasteiger charge is 2.12. The number of nitrogens with zero attached hydrogens (tertiary/aromatic N) is 3. The number of nitrogens with one attached hydrogen (secondary N) is 1. The van der Waals surface area contributed by atoms with Gasteiger partial charge in [-0.1, -0.05) is 0 Å². The van der Waals surface area contributed by atoms with Gasteiger partial charge in [0.15, 0.2) is 0 Å². The van der Waals surface area contributed by atoms with Crippen molar-refractivity contribution in [2.45, 2.75) is 6.42 Å². The van der Waals surface area contributed by atoms with E-state index < -0.39 is 0 Å². The van der Waals surface area contributed by atoms with Gasteiger partial charge in [-0.3, -0.25) is 4.79 Å². The van der Waals surface area contributed by atoms with Crippen LogP contribution >= 0.6 is 0 Å². The van der Waals surface area contributed by atoms with Crippen molar-refractivity contribution < 1.29 is 4.74 Å². The molecule has 0 spiro atoms. The van der Waals surface area contributed by atoms with Crippen LogP contribution in [0, 0.1) is 11.3 Å². The predicted molar refractivity (Wildman–Crippen MR) is 81.1 cm³/mol. The molecule has 0 fully saturated rings. The lowest BCUT2D eigenvalue weighted by molar-refractivity contribution is 0.205. The van der Waals surface area contributed by atoms with Crippen LogP contribution in [0.15, 0.2) is 23.3 Å². The molecule has 2 aromatic rings. The Morgan fingerprint density at radius 1 is 1.48 bits per heavy atom. The van der Waals surface area contributed by atoms with Gasteiger partial charge in [0.2, 0.25) is 0 Å². The molecule has 0 radical (unpaired) electrons. The standard InChI is InChI=1S/C14H17N5O2/c1-21-6-5-19(4-2-3-15)13-8-12-10(7-11(13)16)14(20)18-9-17-12/h7-9H,2,4-6,16H2,1H3,(H,17,18,20). The van der Waals surface area contributed by atoms with Crippen molar-refractivity contribution in [2.75, 3.05) is 37.4 Å². The van der Waals surface area contributed by atoms with Crippen LogP contribution < -0.4 is 16.2 Å². The molecule has 0 aliphatic rings. The molecule has 1 aromatic heterocycles. The molecule has 2 rings (SSSR count). The van der Waals surface area contributed by atoms with Crippen molar-refractivity contribution in [1.82, 2.24) is 9.97 Å². The number of aromatic nitrogens is 2. The number of aromatic amines is 1. The van der Waals surface area contributed by atoms with E-state index >= 15 is 0 Å². The van der Waals surface area contributed by atoms with Crippen molar-refractivity contribution in [3.8, 4) is 6.07 Å². The molecule has 21 heavy (non-hydrogen) atoms. The molecule has 0 aliphatic carbocycles. The van der Waals surface area contributed by atoms with E-state index in [0.29, 0.717) is 42.7 Å². The van der Waals surface area contributed by atoms with Crippen LogP contribution in [-0.4, -0.2) is 36.8 Å². The molecular formula is C14H17N5O2. The average Bonchev–Trinajstić information content (AvgIpc) is 2.48. The lowest BCUT2D eigenvalue weighted by Crippen LogP contribution is -2.29. The number of methoxy groups -OCH3 is 1. The van der Waals surface area contributed by atoms with Crippen molar-refractivity contribution in [1.29, 1.82) is 5.26 Å². The first-order valence-electron chi connectivity index (χ1n) is 6.55. The van der Waals surface area contributed by atoms with E-state index in [2.05, 4.69) is 16.0 Å². The molecule has 110 valence electrons. The molecule has 0 atom stereocenters. The maximum atomic E-state index is 11.7. The Hall–Kier alpha value is -2.59. The predicted octanol–water partition coefficient (Wildman–Crippen LogP) is 0.872. The zero-order valence-corrected chi connectivity index (χ0v) is 11.8. The second-order valence-corrected chi connectivity index (χ2v) is 4.55. The normalized spacial score (nSPS) is 10.5. The summed E-state index contributed by atoms with van der Waals surface area (Å²) in [6.45, 7) is 1.67. The summed E-state index contributed by atoms with van der Waals surface area (Å²) in [5, 5.41) is 9.22. The second-order valence-electron chi connectivity index (χ2n) is 4.55. The molecule has 7 nitrogen and oxygen atoms in total. The minimum atomic E-state index is -0.223. The van der Waals surface area contributed by atoms with E-state index in [1.807, 2.05) is 4.90 Å². The number of H-pyrrole nitrogens is 1. The molecule has 0 amide bonds. The van der Waals surface area contributed by atoms with Crippen LogP contribution in [0.3, 0.4) is 0 Å². The van der Waals surface area contributed by atoms with E-state index in [4.69, 9.17) is 15.7 Å². The largest absolute Gasteiger partial charge is 0.397 e. The first-order chi connectivity index (χ1) is 10.2. The monoisotopic (exact) mass is 287 g/mol.